The number of aromatic nitrogens is 1. The number of nitrogens with zero attached hydrogens (tertiary/aromatic N) is 1. The molecule has 1 aromatic heterocycles. The number of thiazole rings is 1. The molecule has 0 aliphatic carbocycles. The Hall–Kier alpha value is -1.83. The first-order valence-corrected chi connectivity index (χ1v) is 6.72. The summed E-state index contributed by atoms with van der Waals surface area (Å²) < 4.78 is 0. The van der Waals surface area contributed by atoms with Gasteiger partial charge < -0.3 is 21.7 Å². The van der Waals surface area contributed by atoms with Crippen molar-refractivity contribution in [2.75, 3.05) is 18.1 Å². The molecule has 0 radical (unpaired) electrons. The minimum Gasteiger partial charge on any atom is -0.382 e. The third-order valence-electron chi connectivity index (χ3n) is 2.26. The van der Waals surface area contributed by atoms with Crippen LogP contribution >= 0.6 is 11.3 Å². The first-order chi connectivity index (χ1) is 8.85. The molecule has 0 saturated heterocycles. The van der Waals surface area contributed by atoms with Crippen LogP contribution in [-0.4, -0.2) is 35.9 Å². The standard InChI is InChI=1S/C11H19N5O2S/c1-5(2)14-11-16-8(12)7(19-11)10(18)15-6(3)9(17)13-4/h5-6H,12H2,1-4H3,(H,13,17)(H,14,16)(H,15,18). The van der Waals surface area contributed by atoms with Gasteiger partial charge in [-0.3, -0.25) is 9.59 Å². The lowest BCUT2D eigenvalue weighted by Crippen LogP contribution is -2.43. The molecule has 1 unspecified atom stereocenters. The van der Waals surface area contributed by atoms with Crippen molar-refractivity contribution in [3.05, 3.63) is 4.88 Å². The van der Waals surface area contributed by atoms with Gasteiger partial charge in [-0.2, -0.15) is 0 Å². The molecule has 1 aromatic rings. The van der Waals surface area contributed by atoms with E-state index < -0.39 is 11.9 Å². The Morgan fingerprint density at radius 2 is 1.95 bits per heavy atom. The molecular weight excluding hydrogens is 266 g/mol. The van der Waals surface area contributed by atoms with Gasteiger partial charge in [0, 0.05) is 13.1 Å². The highest BCUT2D eigenvalue weighted by Crippen LogP contribution is 2.25. The van der Waals surface area contributed by atoms with Crippen LogP contribution in [0, 0.1) is 0 Å². The number of nitrogens with one attached hydrogen (secondary N) is 3. The number of nitrogens with two attached hydrogens (primary N) is 1. The van der Waals surface area contributed by atoms with Crippen molar-refractivity contribution >= 4 is 34.1 Å². The van der Waals surface area contributed by atoms with Crippen LogP contribution in [0.25, 0.3) is 0 Å². The van der Waals surface area contributed by atoms with Crippen molar-refractivity contribution in [1.29, 1.82) is 0 Å². The van der Waals surface area contributed by atoms with E-state index in [9.17, 15) is 9.59 Å². The summed E-state index contributed by atoms with van der Waals surface area (Å²) in [4.78, 5) is 27.7. The van der Waals surface area contributed by atoms with Gasteiger partial charge in [0.15, 0.2) is 5.13 Å². The Bertz CT molecular complexity index is 472. The summed E-state index contributed by atoms with van der Waals surface area (Å²) in [6.07, 6.45) is 0. The Morgan fingerprint density at radius 1 is 1.32 bits per heavy atom. The molecular formula is C11H19N5O2S. The Kier molecular flexibility index (Phi) is 5.11. The van der Waals surface area contributed by atoms with Crippen molar-refractivity contribution < 1.29 is 9.59 Å². The van der Waals surface area contributed by atoms with E-state index in [1.54, 1.807) is 6.92 Å². The average molecular weight is 285 g/mol. The Labute approximate surface area is 116 Å². The lowest BCUT2D eigenvalue weighted by atomic mass is 10.3. The van der Waals surface area contributed by atoms with E-state index in [-0.39, 0.29) is 17.8 Å². The molecule has 8 heteroatoms. The van der Waals surface area contributed by atoms with Gasteiger partial charge in [0.25, 0.3) is 5.91 Å². The molecule has 0 fully saturated rings. The van der Waals surface area contributed by atoms with Gasteiger partial charge in [-0.1, -0.05) is 11.3 Å². The van der Waals surface area contributed by atoms with Crippen molar-refractivity contribution in [3.63, 3.8) is 0 Å². The summed E-state index contributed by atoms with van der Waals surface area (Å²) in [5, 5.41) is 8.69. The van der Waals surface area contributed by atoms with Crippen LogP contribution < -0.4 is 21.7 Å². The minimum atomic E-state index is -0.625. The molecule has 0 aromatic carbocycles. The van der Waals surface area contributed by atoms with Crippen LogP contribution in [0.5, 0.6) is 0 Å². The number of likely N-dealkylation sites (N-methyl/N-ethyl adjacent to an activating group) is 1. The second-order valence-electron chi connectivity index (χ2n) is 4.34. The first-order valence-electron chi connectivity index (χ1n) is 5.90. The number of rotatable bonds is 5. The van der Waals surface area contributed by atoms with E-state index in [1.165, 1.54) is 18.4 Å². The summed E-state index contributed by atoms with van der Waals surface area (Å²) >= 11 is 1.17. The maximum Gasteiger partial charge on any atom is 0.265 e. The monoisotopic (exact) mass is 285 g/mol. The van der Waals surface area contributed by atoms with E-state index in [0.717, 1.165) is 0 Å². The SMILES string of the molecule is CNC(=O)C(C)NC(=O)c1sc(NC(C)C)nc1N. The van der Waals surface area contributed by atoms with Crippen molar-refractivity contribution in [2.24, 2.45) is 0 Å². The molecule has 0 bridgehead atoms. The predicted molar refractivity (Wildman–Crippen MR) is 76.3 cm³/mol. The molecule has 1 atom stereocenters. The van der Waals surface area contributed by atoms with Crippen molar-refractivity contribution in [2.45, 2.75) is 32.9 Å². The zero-order valence-corrected chi connectivity index (χ0v) is 12.2. The molecule has 5 N–H and O–H groups in total. The van der Waals surface area contributed by atoms with E-state index in [1.807, 2.05) is 13.8 Å². The molecule has 106 valence electrons. The number of hydrogen-bond donors (Lipinski definition) is 4. The maximum absolute atomic E-state index is 12.0. The topological polar surface area (TPSA) is 109 Å². The van der Waals surface area contributed by atoms with Crippen LogP contribution in [0.4, 0.5) is 10.9 Å². The molecule has 2 amide bonds. The molecule has 0 aliphatic rings. The highest BCUT2D eigenvalue weighted by Gasteiger charge is 2.20. The van der Waals surface area contributed by atoms with Gasteiger partial charge in [-0.15, -0.1) is 0 Å². The van der Waals surface area contributed by atoms with Gasteiger partial charge in [0.1, 0.15) is 16.7 Å². The first kappa shape index (κ1) is 15.2. The number of carbonyl (C=O) groups is 2. The number of carbonyl (C=O) groups excluding carboxylic acids is 2. The van der Waals surface area contributed by atoms with E-state index in [4.69, 9.17) is 5.73 Å². The number of hydrogen-bond acceptors (Lipinski definition) is 6. The third-order valence-corrected chi connectivity index (χ3v) is 3.26. The van der Waals surface area contributed by atoms with Crippen molar-refractivity contribution in [1.82, 2.24) is 15.6 Å². The Balaban J connectivity index is 2.77. The summed E-state index contributed by atoms with van der Waals surface area (Å²) in [5.74, 6) is -0.505. The molecule has 7 nitrogen and oxygen atoms in total. The molecule has 0 aliphatic heterocycles. The van der Waals surface area contributed by atoms with Crippen LogP contribution in [-0.2, 0) is 4.79 Å². The second kappa shape index (κ2) is 6.37. The predicted octanol–water partition coefficient (Wildman–Crippen LogP) is 0.410. The average Bonchev–Trinajstić information content (AvgIpc) is 2.67. The molecule has 1 heterocycles. The summed E-state index contributed by atoms with van der Waals surface area (Å²) in [5.41, 5.74) is 5.70. The van der Waals surface area contributed by atoms with Gasteiger partial charge in [-0.25, -0.2) is 4.98 Å². The molecule has 1 rings (SSSR count). The van der Waals surface area contributed by atoms with E-state index >= 15 is 0 Å². The number of nitrogen functional groups attached to an aromatic ring is 1. The normalized spacial score (nSPS) is 12.1. The highest BCUT2D eigenvalue weighted by molar-refractivity contribution is 7.18. The fourth-order valence-corrected chi connectivity index (χ4v) is 2.28. The van der Waals surface area contributed by atoms with E-state index in [2.05, 4.69) is 20.9 Å². The molecule has 0 saturated carbocycles. The van der Waals surface area contributed by atoms with Gasteiger partial charge in [0.05, 0.1) is 0 Å². The minimum absolute atomic E-state index is 0.162. The van der Waals surface area contributed by atoms with Gasteiger partial charge >= 0.3 is 0 Å². The highest BCUT2D eigenvalue weighted by atomic mass is 32.1. The Morgan fingerprint density at radius 3 is 2.47 bits per heavy atom. The maximum atomic E-state index is 12.0. The summed E-state index contributed by atoms with van der Waals surface area (Å²) in [7, 11) is 1.51. The molecule has 0 spiro atoms. The van der Waals surface area contributed by atoms with Crippen LogP contribution in [0.3, 0.4) is 0 Å². The van der Waals surface area contributed by atoms with Gasteiger partial charge in [0.2, 0.25) is 5.91 Å². The zero-order chi connectivity index (χ0) is 14.6. The quantitative estimate of drug-likeness (QED) is 0.626. The smallest absolute Gasteiger partial charge is 0.265 e. The largest absolute Gasteiger partial charge is 0.382 e. The second-order valence-corrected chi connectivity index (χ2v) is 5.34. The lowest BCUT2D eigenvalue weighted by molar-refractivity contribution is -0.122. The fraction of sp³-hybridized carbons (Fsp3) is 0.545. The third kappa shape index (κ3) is 4.09. The van der Waals surface area contributed by atoms with Crippen LogP contribution in [0.15, 0.2) is 0 Å². The number of amides is 2. The zero-order valence-electron chi connectivity index (χ0n) is 11.4. The van der Waals surface area contributed by atoms with Crippen molar-refractivity contribution in [3.8, 4) is 0 Å². The lowest BCUT2D eigenvalue weighted by Gasteiger charge is -2.11. The molecule has 19 heavy (non-hydrogen) atoms. The van der Waals surface area contributed by atoms with Crippen LogP contribution in [0.2, 0.25) is 0 Å². The fourth-order valence-electron chi connectivity index (χ4n) is 1.35. The van der Waals surface area contributed by atoms with Crippen LogP contribution in [0.1, 0.15) is 30.4 Å². The summed E-state index contributed by atoms with van der Waals surface area (Å²) in [6.45, 7) is 5.53. The summed E-state index contributed by atoms with van der Waals surface area (Å²) in [6, 6.07) is -0.424. The van der Waals surface area contributed by atoms with E-state index in [0.29, 0.717) is 10.0 Å². The van der Waals surface area contributed by atoms with Gasteiger partial charge in [-0.05, 0) is 20.8 Å². The number of anilines is 2.